The van der Waals surface area contributed by atoms with Gasteiger partial charge in [-0.1, -0.05) is 41.4 Å². The van der Waals surface area contributed by atoms with Crippen molar-refractivity contribution >= 4 is 29.3 Å². The highest BCUT2D eigenvalue weighted by atomic mass is 35.5. The molecule has 0 saturated carbocycles. The van der Waals surface area contributed by atoms with Gasteiger partial charge in [-0.25, -0.2) is 0 Å². The molecule has 1 N–H and O–H groups in total. The van der Waals surface area contributed by atoms with Crippen molar-refractivity contribution in [2.24, 2.45) is 0 Å². The van der Waals surface area contributed by atoms with Crippen molar-refractivity contribution in [3.63, 3.8) is 0 Å². The van der Waals surface area contributed by atoms with Crippen LogP contribution in [0.4, 0.5) is 5.69 Å². The summed E-state index contributed by atoms with van der Waals surface area (Å²) < 4.78 is 0. The molecule has 0 unspecified atom stereocenters. The van der Waals surface area contributed by atoms with E-state index in [-0.39, 0.29) is 5.91 Å². The molecule has 0 aliphatic rings. The summed E-state index contributed by atoms with van der Waals surface area (Å²) in [4.78, 5) is 11.7. The van der Waals surface area contributed by atoms with E-state index in [1.54, 1.807) is 18.2 Å². The minimum absolute atomic E-state index is 0.154. The Kier molecular flexibility index (Phi) is 4.37. The summed E-state index contributed by atoms with van der Waals surface area (Å²) >= 11 is 5.79. The SMILES string of the molecule is Cc1ccc(NC(=O)C=Cc2ccc(Cl)cc2)cc1. The topological polar surface area (TPSA) is 29.1 Å². The Bertz CT molecular complexity index is 585. The quantitative estimate of drug-likeness (QED) is 0.829. The smallest absolute Gasteiger partial charge is 0.248 e. The highest BCUT2D eigenvalue weighted by Gasteiger charge is 1.97. The van der Waals surface area contributed by atoms with Gasteiger partial charge in [-0.15, -0.1) is 0 Å². The monoisotopic (exact) mass is 271 g/mol. The molecule has 2 nitrogen and oxygen atoms in total. The number of nitrogens with one attached hydrogen (secondary N) is 1. The van der Waals surface area contributed by atoms with Crippen LogP contribution in [0.3, 0.4) is 0 Å². The largest absolute Gasteiger partial charge is 0.323 e. The van der Waals surface area contributed by atoms with Crippen LogP contribution in [-0.4, -0.2) is 5.91 Å². The van der Waals surface area contributed by atoms with Crippen molar-refractivity contribution in [3.8, 4) is 0 Å². The third-order valence-corrected chi connectivity index (χ3v) is 2.87. The number of benzene rings is 2. The molecule has 2 rings (SSSR count). The van der Waals surface area contributed by atoms with Gasteiger partial charge in [0.1, 0.15) is 0 Å². The second-order valence-electron chi connectivity index (χ2n) is 4.24. The minimum atomic E-state index is -0.154. The van der Waals surface area contributed by atoms with Crippen LogP contribution in [0.15, 0.2) is 54.6 Å². The van der Waals surface area contributed by atoms with Gasteiger partial charge in [0, 0.05) is 16.8 Å². The standard InChI is InChI=1S/C16H14ClNO/c1-12-2-9-15(10-3-12)18-16(19)11-6-13-4-7-14(17)8-5-13/h2-11H,1H3,(H,18,19). The Labute approximate surface area is 117 Å². The fraction of sp³-hybridized carbons (Fsp3) is 0.0625. The first kappa shape index (κ1) is 13.4. The summed E-state index contributed by atoms with van der Waals surface area (Å²) in [7, 11) is 0. The molecule has 19 heavy (non-hydrogen) atoms. The summed E-state index contributed by atoms with van der Waals surface area (Å²) in [5.41, 5.74) is 2.88. The molecular formula is C16H14ClNO. The van der Waals surface area contributed by atoms with Gasteiger partial charge in [-0.3, -0.25) is 4.79 Å². The van der Waals surface area contributed by atoms with Crippen LogP contribution in [0.1, 0.15) is 11.1 Å². The number of rotatable bonds is 3. The van der Waals surface area contributed by atoms with E-state index in [4.69, 9.17) is 11.6 Å². The van der Waals surface area contributed by atoms with E-state index in [2.05, 4.69) is 5.32 Å². The molecule has 0 atom stereocenters. The molecule has 0 aliphatic heterocycles. The summed E-state index contributed by atoms with van der Waals surface area (Å²) in [6.45, 7) is 2.01. The molecule has 3 heteroatoms. The summed E-state index contributed by atoms with van der Waals surface area (Å²) in [5, 5.41) is 3.48. The maximum atomic E-state index is 11.7. The van der Waals surface area contributed by atoms with E-state index in [9.17, 15) is 4.79 Å². The van der Waals surface area contributed by atoms with Gasteiger partial charge in [0.25, 0.3) is 0 Å². The fourth-order valence-corrected chi connectivity index (χ4v) is 1.69. The van der Waals surface area contributed by atoms with E-state index in [1.165, 1.54) is 6.08 Å². The zero-order valence-electron chi connectivity index (χ0n) is 10.6. The maximum Gasteiger partial charge on any atom is 0.248 e. The van der Waals surface area contributed by atoms with E-state index >= 15 is 0 Å². The highest BCUT2D eigenvalue weighted by Crippen LogP contribution is 2.11. The molecule has 0 heterocycles. The lowest BCUT2D eigenvalue weighted by Gasteiger charge is -2.02. The van der Waals surface area contributed by atoms with Crippen LogP contribution in [-0.2, 0) is 4.79 Å². The first-order valence-corrected chi connectivity index (χ1v) is 6.32. The second-order valence-corrected chi connectivity index (χ2v) is 4.68. The number of hydrogen-bond acceptors (Lipinski definition) is 1. The van der Waals surface area contributed by atoms with Crippen molar-refractivity contribution in [1.82, 2.24) is 0 Å². The normalized spacial score (nSPS) is 10.6. The number of carbonyl (C=O) groups excluding carboxylic acids is 1. The second kappa shape index (κ2) is 6.21. The van der Waals surface area contributed by atoms with Gasteiger partial charge < -0.3 is 5.32 Å². The molecule has 0 fully saturated rings. The lowest BCUT2D eigenvalue weighted by molar-refractivity contribution is -0.111. The number of carbonyl (C=O) groups is 1. The average Bonchev–Trinajstić information content (AvgIpc) is 2.41. The van der Waals surface area contributed by atoms with Crippen LogP contribution in [0.5, 0.6) is 0 Å². The first-order chi connectivity index (χ1) is 9.13. The summed E-state index contributed by atoms with van der Waals surface area (Å²) in [6.07, 6.45) is 3.25. The molecule has 0 aromatic heterocycles. The van der Waals surface area contributed by atoms with E-state index in [0.717, 1.165) is 16.8 Å². The van der Waals surface area contributed by atoms with E-state index in [1.807, 2.05) is 43.3 Å². The molecule has 96 valence electrons. The Balaban J connectivity index is 1.97. The van der Waals surface area contributed by atoms with Gasteiger partial charge in [0.15, 0.2) is 0 Å². The number of amides is 1. The lowest BCUT2D eigenvalue weighted by atomic mass is 10.2. The Morgan fingerprint density at radius 2 is 1.68 bits per heavy atom. The molecule has 2 aromatic carbocycles. The van der Waals surface area contributed by atoms with E-state index in [0.29, 0.717) is 5.02 Å². The molecule has 0 bridgehead atoms. The zero-order chi connectivity index (χ0) is 13.7. The first-order valence-electron chi connectivity index (χ1n) is 5.95. The van der Waals surface area contributed by atoms with Crippen LogP contribution in [0.25, 0.3) is 6.08 Å². The Hall–Kier alpha value is -2.06. The molecule has 0 aliphatic carbocycles. The molecule has 0 spiro atoms. The number of anilines is 1. The summed E-state index contributed by atoms with van der Waals surface area (Å²) in [5.74, 6) is -0.154. The number of aryl methyl sites for hydroxylation is 1. The van der Waals surface area contributed by atoms with Crippen LogP contribution >= 0.6 is 11.6 Å². The number of halogens is 1. The predicted octanol–water partition coefficient (Wildman–Crippen LogP) is 4.30. The Morgan fingerprint density at radius 1 is 1.05 bits per heavy atom. The maximum absolute atomic E-state index is 11.7. The van der Waals surface area contributed by atoms with Gasteiger partial charge in [-0.2, -0.15) is 0 Å². The summed E-state index contributed by atoms with van der Waals surface area (Å²) in [6, 6.07) is 15.0. The van der Waals surface area contributed by atoms with Crippen LogP contribution < -0.4 is 5.32 Å². The highest BCUT2D eigenvalue weighted by molar-refractivity contribution is 6.30. The van der Waals surface area contributed by atoms with Crippen molar-refractivity contribution in [2.45, 2.75) is 6.92 Å². The molecular weight excluding hydrogens is 258 g/mol. The van der Waals surface area contributed by atoms with Crippen molar-refractivity contribution in [1.29, 1.82) is 0 Å². The van der Waals surface area contributed by atoms with Gasteiger partial charge in [0.05, 0.1) is 0 Å². The van der Waals surface area contributed by atoms with Crippen LogP contribution in [0, 0.1) is 6.92 Å². The van der Waals surface area contributed by atoms with Crippen molar-refractivity contribution in [2.75, 3.05) is 5.32 Å². The third kappa shape index (κ3) is 4.27. The number of hydrogen-bond donors (Lipinski definition) is 1. The van der Waals surface area contributed by atoms with Crippen LogP contribution in [0.2, 0.25) is 5.02 Å². The van der Waals surface area contributed by atoms with Gasteiger partial charge in [0.2, 0.25) is 5.91 Å². The predicted molar refractivity (Wildman–Crippen MR) is 80.3 cm³/mol. The third-order valence-electron chi connectivity index (χ3n) is 2.62. The van der Waals surface area contributed by atoms with E-state index < -0.39 is 0 Å². The Morgan fingerprint density at radius 3 is 2.32 bits per heavy atom. The molecule has 2 aromatic rings. The van der Waals surface area contributed by atoms with Gasteiger partial charge in [-0.05, 0) is 42.8 Å². The molecule has 0 radical (unpaired) electrons. The van der Waals surface area contributed by atoms with Gasteiger partial charge >= 0.3 is 0 Å². The lowest BCUT2D eigenvalue weighted by Crippen LogP contribution is -2.07. The fourth-order valence-electron chi connectivity index (χ4n) is 1.57. The molecule has 0 saturated heterocycles. The minimum Gasteiger partial charge on any atom is -0.323 e. The van der Waals surface area contributed by atoms with Crippen molar-refractivity contribution < 1.29 is 4.79 Å². The average molecular weight is 272 g/mol. The van der Waals surface area contributed by atoms with Crippen molar-refractivity contribution in [3.05, 3.63) is 70.8 Å². The zero-order valence-corrected chi connectivity index (χ0v) is 11.3. The molecule has 1 amide bonds.